The minimum atomic E-state index is 0.883. The molecule has 0 aromatic carbocycles. The van der Waals surface area contributed by atoms with Crippen LogP contribution in [0.1, 0.15) is 19.8 Å². The van der Waals surface area contributed by atoms with Crippen molar-refractivity contribution in [2.24, 2.45) is 11.8 Å². The average Bonchev–Trinajstić information content (AvgIpc) is 2.17. The zero-order chi connectivity index (χ0) is 9.10. The first kappa shape index (κ1) is 8.54. The maximum absolute atomic E-state index is 3.98. The lowest BCUT2D eigenvalue weighted by Crippen LogP contribution is -2.29. The van der Waals surface area contributed by atoms with Crippen LogP contribution >= 0.6 is 0 Å². The molecule has 1 heterocycles. The molecule has 0 saturated heterocycles. The number of hydrogen-bond donors (Lipinski definition) is 1. The summed E-state index contributed by atoms with van der Waals surface area (Å²) >= 11 is 0. The van der Waals surface area contributed by atoms with E-state index in [1.54, 1.807) is 0 Å². The SMILES string of the molecule is C[C@H]1CC[C@@H]1CNc1ccncc1. The lowest BCUT2D eigenvalue weighted by molar-refractivity contribution is 0.210. The molecule has 2 nitrogen and oxygen atoms in total. The molecule has 0 bridgehead atoms. The van der Waals surface area contributed by atoms with Gasteiger partial charge in [-0.15, -0.1) is 0 Å². The van der Waals surface area contributed by atoms with Crippen LogP contribution in [0.2, 0.25) is 0 Å². The zero-order valence-corrected chi connectivity index (χ0v) is 8.03. The van der Waals surface area contributed by atoms with Crippen LogP contribution in [0.5, 0.6) is 0 Å². The maximum Gasteiger partial charge on any atom is 0.0371 e. The second kappa shape index (κ2) is 3.77. The normalized spacial score (nSPS) is 26.5. The Bertz CT molecular complexity index is 258. The predicted molar refractivity (Wildman–Crippen MR) is 54.6 cm³/mol. The molecule has 1 N–H and O–H groups in total. The van der Waals surface area contributed by atoms with E-state index in [1.807, 2.05) is 24.5 Å². The third-order valence-electron chi connectivity index (χ3n) is 3.05. The van der Waals surface area contributed by atoms with Crippen molar-refractivity contribution in [3.05, 3.63) is 24.5 Å². The Morgan fingerprint density at radius 2 is 2.15 bits per heavy atom. The van der Waals surface area contributed by atoms with Crippen molar-refractivity contribution in [2.45, 2.75) is 19.8 Å². The molecule has 0 amide bonds. The van der Waals surface area contributed by atoms with Gasteiger partial charge in [-0.25, -0.2) is 0 Å². The number of nitrogens with zero attached hydrogens (tertiary/aromatic N) is 1. The smallest absolute Gasteiger partial charge is 0.0371 e. The van der Waals surface area contributed by atoms with Crippen LogP contribution in [-0.2, 0) is 0 Å². The first-order valence-electron chi connectivity index (χ1n) is 5.00. The summed E-state index contributed by atoms with van der Waals surface area (Å²) in [6.45, 7) is 3.45. The van der Waals surface area contributed by atoms with Crippen molar-refractivity contribution in [3.63, 3.8) is 0 Å². The van der Waals surface area contributed by atoms with E-state index in [0.717, 1.165) is 18.4 Å². The van der Waals surface area contributed by atoms with E-state index in [4.69, 9.17) is 0 Å². The third kappa shape index (κ3) is 2.00. The lowest BCUT2D eigenvalue weighted by atomic mass is 9.75. The second-order valence-corrected chi connectivity index (χ2v) is 3.93. The van der Waals surface area contributed by atoms with Gasteiger partial charge in [0.2, 0.25) is 0 Å². The van der Waals surface area contributed by atoms with Gasteiger partial charge < -0.3 is 5.32 Å². The Balaban J connectivity index is 1.80. The maximum atomic E-state index is 3.98. The molecule has 1 fully saturated rings. The molecule has 2 rings (SSSR count). The van der Waals surface area contributed by atoms with Gasteiger partial charge in [0, 0.05) is 24.6 Å². The van der Waals surface area contributed by atoms with Crippen molar-refractivity contribution in [1.29, 1.82) is 0 Å². The number of pyridine rings is 1. The zero-order valence-electron chi connectivity index (χ0n) is 8.03. The van der Waals surface area contributed by atoms with Crippen LogP contribution in [0.15, 0.2) is 24.5 Å². The fraction of sp³-hybridized carbons (Fsp3) is 0.545. The molecular weight excluding hydrogens is 160 g/mol. The van der Waals surface area contributed by atoms with Gasteiger partial charge in [0.15, 0.2) is 0 Å². The van der Waals surface area contributed by atoms with E-state index in [2.05, 4.69) is 17.2 Å². The fourth-order valence-electron chi connectivity index (χ4n) is 1.76. The van der Waals surface area contributed by atoms with Crippen LogP contribution in [0.4, 0.5) is 5.69 Å². The Morgan fingerprint density at radius 3 is 2.69 bits per heavy atom. The molecule has 1 saturated carbocycles. The van der Waals surface area contributed by atoms with Gasteiger partial charge in [0.1, 0.15) is 0 Å². The van der Waals surface area contributed by atoms with Gasteiger partial charge in [0.05, 0.1) is 0 Å². The third-order valence-corrected chi connectivity index (χ3v) is 3.05. The number of nitrogens with one attached hydrogen (secondary N) is 1. The minimum absolute atomic E-state index is 0.883. The van der Waals surface area contributed by atoms with E-state index in [-0.39, 0.29) is 0 Å². The molecule has 1 aliphatic carbocycles. The van der Waals surface area contributed by atoms with Gasteiger partial charge in [0.25, 0.3) is 0 Å². The Labute approximate surface area is 79.4 Å². The van der Waals surface area contributed by atoms with Crippen LogP contribution in [0.3, 0.4) is 0 Å². The number of hydrogen-bond acceptors (Lipinski definition) is 2. The molecule has 13 heavy (non-hydrogen) atoms. The lowest BCUT2D eigenvalue weighted by Gasteiger charge is -2.34. The van der Waals surface area contributed by atoms with E-state index >= 15 is 0 Å². The highest BCUT2D eigenvalue weighted by atomic mass is 14.9. The second-order valence-electron chi connectivity index (χ2n) is 3.93. The highest BCUT2D eigenvalue weighted by Gasteiger charge is 2.25. The molecule has 0 spiro atoms. The van der Waals surface area contributed by atoms with Crippen molar-refractivity contribution < 1.29 is 0 Å². The summed E-state index contributed by atoms with van der Waals surface area (Å²) in [6.07, 6.45) is 6.45. The van der Waals surface area contributed by atoms with Gasteiger partial charge in [-0.1, -0.05) is 13.3 Å². The highest BCUT2D eigenvalue weighted by Crippen LogP contribution is 2.33. The quantitative estimate of drug-likeness (QED) is 0.765. The first-order chi connectivity index (χ1) is 6.36. The molecule has 2 atom stereocenters. The van der Waals surface area contributed by atoms with E-state index < -0.39 is 0 Å². The molecule has 70 valence electrons. The van der Waals surface area contributed by atoms with E-state index in [0.29, 0.717) is 0 Å². The summed E-state index contributed by atoms with van der Waals surface area (Å²) in [6, 6.07) is 4.03. The van der Waals surface area contributed by atoms with Crippen LogP contribution in [0.25, 0.3) is 0 Å². The molecule has 2 heteroatoms. The van der Waals surface area contributed by atoms with Gasteiger partial charge in [-0.3, -0.25) is 4.98 Å². The molecule has 1 aliphatic rings. The Hall–Kier alpha value is -1.05. The summed E-state index contributed by atoms with van der Waals surface area (Å²) < 4.78 is 0. The number of rotatable bonds is 3. The predicted octanol–water partition coefficient (Wildman–Crippen LogP) is 2.54. The highest BCUT2D eigenvalue weighted by molar-refractivity contribution is 5.40. The Kier molecular flexibility index (Phi) is 2.48. The van der Waals surface area contributed by atoms with Gasteiger partial charge >= 0.3 is 0 Å². The van der Waals surface area contributed by atoms with Crippen LogP contribution < -0.4 is 5.32 Å². The fourth-order valence-corrected chi connectivity index (χ4v) is 1.76. The Morgan fingerprint density at radius 1 is 1.38 bits per heavy atom. The van der Waals surface area contributed by atoms with Crippen molar-refractivity contribution >= 4 is 5.69 Å². The summed E-state index contributed by atoms with van der Waals surface area (Å²) in [5.41, 5.74) is 1.19. The average molecular weight is 176 g/mol. The number of aromatic nitrogens is 1. The van der Waals surface area contributed by atoms with Gasteiger partial charge in [-0.05, 0) is 30.4 Å². The largest absolute Gasteiger partial charge is 0.385 e. The van der Waals surface area contributed by atoms with Crippen LogP contribution in [0, 0.1) is 11.8 Å². The summed E-state index contributed by atoms with van der Waals surface area (Å²) in [7, 11) is 0. The van der Waals surface area contributed by atoms with Crippen molar-refractivity contribution in [1.82, 2.24) is 4.98 Å². The molecule has 0 radical (unpaired) electrons. The molecule has 0 unspecified atom stereocenters. The summed E-state index contributed by atoms with van der Waals surface area (Å²) in [4.78, 5) is 3.98. The minimum Gasteiger partial charge on any atom is -0.385 e. The molecule has 1 aromatic rings. The van der Waals surface area contributed by atoms with Crippen molar-refractivity contribution in [2.75, 3.05) is 11.9 Å². The van der Waals surface area contributed by atoms with Crippen molar-refractivity contribution in [3.8, 4) is 0 Å². The molecular formula is C11H16N2. The number of anilines is 1. The summed E-state index contributed by atoms with van der Waals surface area (Å²) in [5.74, 6) is 1.79. The van der Waals surface area contributed by atoms with Gasteiger partial charge in [-0.2, -0.15) is 0 Å². The van der Waals surface area contributed by atoms with E-state index in [1.165, 1.54) is 18.5 Å². The first-order valence-corrected chi connectivity index (χ1v) is 5.00. The standard InChI is InChI=1S/C11H16N2/c1-9-2-3-10(9)8-13-11-4-6-12-7-5-11/h4-7,9-10H,2-3,8H2,1H3,(H,12,13)/t9-,10+/m0/s1. The topological polar surface area (TPSA) is 24.9 Å². The van der Waals surface area contributed by atoms with Crippen LogP contribution in [-0.4, -0.2) is 11.5 Å². The molecule has 1 aromatic heterocycles. The summed E-state index contributed by atoms with van der Waals surface area (Å²) in [5, 5.41) is 3.44. The monoisotopic (exact) mass is 176 g/mol. The molecule has 0 aliphatic heterocycles. The van der Waals surface area contributed by atoms with E-state index in [9.17, 15) is 0 Å².